The van der Waals surface area contributed by atoms with Crippen LogP contribution in [0.15, 0.2) is 97.1 Å². The summed E-state index contributed by atoms with van der Waals surface area (Å²) in [5.41, 5.74) is 1.57. The van der Waals surface area contributed by atoms with Gasteiger partial charge in [-0.05, 0) is 22.8 Å². The van der Waals surface area contributed by atoms with Crippen molar-refractivity contribution in [3.8, 4) is 0 Å². The van der Waals surface area contributed by atoms with Gasteiger partial charge in [0, 0.05) is 0 Å². The topological polar surface area (TPSA) is 40.5 Å². The third-order valence-corrected chi connectivity index (χ3v) is 4.67. The van der Waals surface area contributed by atoms with Gasteiger partial charge in [0.15, 0.2) is 5.60 Å². The van der Waals surface area contributed by atoms with Crippen molar-refractivity contribution >= 4 is 11.6 Å². The van der Waals surface area contributed by atoms with E-state index in [4.69, 9.17) is 0 Å². The first-order valence-electron chi connectivity index (χ1n) is 8.60. The Bertz CT molecular complexity index is 936. The molecular weight excluding hydrogens is 322 g/mol. The van der Waals surface area contributed by atoms with E-state index in [1.807, 2.05) is 78.9 Å². The average molecular weight is 341 g/mol. The minimum absolute atomic E-state index is 0.327. The van der Waals surface area contributed by atoms with Gasteiger partial charge in [0.25, 0.3) is 5.91 Å². The van der Waals surface area contributed by atoms with Gasteiger partial charge in [0.2, 0.25) is 0 Å². The molecule has 0 spiro atoms. The van der Waals surface area contributed by atoms with Gasteiger partial charge >= 0.3 is 0 Å². The zero-order valence-corrected chi connectivity index (χ0v) is 14.2. The van der Waals surface area contributed by atoms with Crippen molar-refractivity contribution in [2.45, 2.75) is 12.1 Å². The fourth-order valence-electron chi connectivity index (χ4n) is 3.32. The van der Waals surface area contributed by atoms with Crippen molar-refractivity contribution in [3.05, 3.63) is 114 Å². The van der Waals surface area contributed by atoms with E-state index in [0.717, 1.165) is 16.8 Å². The van der Waals surface area contributed by atoms with Crippen LogP contribution in [-0.4, -0.2) is 15.9 Å². The van der Waals surface area contributed by atoms with Gasteiger partial charge in [0.05, 0.1) is 12.2 Å². The van der Waals surface area contributed by atoms with Crippen LogP contribution < -0.4 is 0 Å². The lowest BCUT2D eigenvalue weighted by Crippen LogP contribution is -2.38. The maximum Gasteiger partial charge on any atom is 0.268 e. The highest BCUT2D eigenvalue weighted by molar-refractivity contribution is 6.01. The van der Waals surface area contributed by atoms with Crippen LogP contribution in [0.5, 0.6) is 0 Å². The van der Waals surface area contributed by atoms with Crippen LogP contribution in [0.2, 0.25) is 0 Å². The molecule has 1 amide bonds. The molecule has 1 N–H and O–H groups in total. The van der Waals surface area contributed by atoms with Crippen LogP contribution in [0.4, 0.5) is 0 Å². The molecule has 4 rings (SSSR count). The number of carbonyl (C=O) groups is 1. The molecule has 1 heterocycles. The zero-order valence-electron chi connectivity index (χ0n) is 14.2. The summed E-state index contributed by atoms with van der Waals surface area (Å²) in [7, 11) is 0. The van der Waals surface area contributed by atoms with Crippen LogP contribution in [0, 0.1) is 0 Å². The first-order chi connectivity index (χ1) is 12.7. The largest absolute Gasteiger partial charge is 0.372 e. The van der Waals surface area contributed by atoms with Crippen LogP contribution in [0.1, 0.15) is 16.7 Å². The van der Waals surface area contributed by atoms with Gasteiger partial charge in [-0.1, -0.05) is 91.0 Å². The predicted octanol–water partition coefficient (Wildman–Crippen LogP) is 3.96. The Hall–Kier alpha value is -3.17. The third-order valence-electron chi connectivity index (χ3n) is 4.67. The Balaban J connectivity index is 1.80. The molecule has 26 heavy (non-hydrogen) atoms. The second kappa shape index (κ2) is 6.62. The molecule has 3 nitrogen and oxygen atoms in total. The third kappa shape index (κ3) is 2.83. The first-order valence-corrected chi connectivity index (χ1v) is 8.60. The highest BCUT2D eigenvalue weighted by Gasteiger charge is 2.46. The average Bonchev–Trinajstić information content (AvgIpc) is 2.96. The highest BCUT2D eigenvalue weighted by atomic mass is 16.3. The number of nitrogens with zero attached hydrogens (tertiary/aromatic N) is 1. The molecule has 0 bridgehead atoms. The maximum absolute atomic E-state index is 13.2. The molecule has 0 saturated heterocycles. The molecule has 128 valence electrons. The van der Waals surface area contributed by atoms with Crippen LogP contribution in [-0.2, 0) is 16.9 Å². The quantitative estimate of drug-likeness (QED) is 0.780. The molecular formula is C23H19NO2. The SMILES string of the molecule is O=C1N(Cc2ccccc2)C(c2ccccc2)=C[C@]1(O)c1ccccc1. The van der Waals surface area contributed by atoms with Gasteiger partial charge in [-0.25, -0.2) is 0 Å². The molecule has 3 aromatic rings. The second-order valence-electron chi connectivity index (χ2n) is 6.40. The smallest absolute Gasteiger partial charge is 0.268 e. The maximum atomic E-state index is 13.2. The molecule has 0 aromatic heterocycles. The number of rotatable bonds is 4. The molecule has 1 atom stereocenters. The Morgan fingerprint density at radius 2 is 1.31 bits per heavy atom. The van der Waals surface area contributed by atoms with Crippen molar-refractivity contribution in [2.24, 2.45) is 0 Å². The summed E-state index contributed by atoms with van der Waals surface area (Å²) in [5.74, 6) is -0.327. The molecule has 0 unspecified atom stereocenters. The molecule has 1 aliphatic rings. The standard InChI is InChI=1S/C23H19NO2/c25-22-23(26,20-14-8-3-9-15-20)16-21(19-12-6-2-7-13-19)24(22)17-18-10-4-1-5-11-18/h1-16,26H,17H2/t23-/m0/s1. The molecule has 3 heteroatoms. The van der Waals surface area contributed by atoms with E-state index < -0.39 is 5.60 Å². The summed E-state index contributed by atoms with van der Waals surface area (Å²) in [6, 6.07) is 28.6. The highest BCUT2D eigenvalue weighted by Crippen LogP contribution is 2.39. The van der Waals surface area contributed by atoms with Crippen molar-refractivity contribution in [2.75, 3.05) is 0 Å². The zero-order chi connectivity index (χ0) is 18.0. The summed E-state index contributed by atoms with van der Waals surface area (Å²) in [5, 5.41) is 11.2. The Labute approximate surface area is 152 Å². The lowest BCUT2D eigenvalue weighted by Gasteiger charge is -2.25. The summed E-state index contributed by atoms with van der Waals surface area (Å²) in [6.07, 6.45) is 1.67. The monoisotopic (exact) mass is 341 g/mol. The van der Waals surface area contributed by atoms with E-state index in [0.29, 0.717) is 12.1 Å². The fourth-order valence-corrected chi connectivity index (χ4v) is 3.32. The van der Waals surface area contributed by atoms with E-state index in [1.54, 1.807) is 23.1 Å². The summed E-state index contributed by atoms with van der Waals surface area (Å²) >= 11 is 0. The van der Waals surface area contributed by atoms with E-state index >= 15 is 0 Å². The number of aliphatic hydroxyl groups is 1. The van der Waals surface area contributed by atoms with Gasteiger partial charge in [-0.3, -0.25) is 4.79 Å². The lowest BCUT2D eigenvalue weighted by molar-refractivity contribution is -0.142. The Morgan fingerprint density at radius 3 is 1.92 bits per heavy atom. The summed E-state index contributed by atoms with van der Waals surface area (Å²) in [4.78, 5) is 14.9. The number of carbonyl (C=O) groups excluding carboxylic acids is 1. The minimum Gasteiger partial charge on any atom is -0.372 e. The van der Waals surface area contributed by atoms with Crippen LogP contribution >= 0.6 is 0 Å². The van der Waals surface area contributed by atoms with Crippen molar-refractivity contribution in [1.82, 2.24) is 4.90 Å². The van der Waals surface area contributed by atoms with E-state index in [9.17, 15) is 9.90 Å². The van der Waals surface area contributed by atoms with Crippen molar-refractivity contribution in [3.63, 3.8) is 0 Å². The number of hydrogen-bond donors (Lipinski definition) is 1. The van der Waals surface area contributed by atoms with Gasteiger partial charge in [-0.2, -0.15) is 0 Å². The lowest BCUT2D eigenvalue weighted by atomic mass is 9.94. The van der Waals surface area contributed by atoms with Crippen molar-refractivity contribution in [1.29, 1.82) is 0 Å². The number of benzene rings is 3. The van der Waals surface area contributed by atoms with Gasteiger partial charge < -0.3 is 10.0 Å². The number of hydrogen-bond acceptors (Lipinski definition) is 2. The summed E-state index contributed by atoms with van der Waals surface area (Å²) < 4.78 is 0. The van der Waals surface area contributed by atoms with Gasteiger partial charge in [0.1, 0.15) is 0 Å². The van der Waals surface area contributed by atoms with Gasteiger partial charge in [-0.15, -0.1) is 0 Å². The Kier molecular flexibility index (Phi) is 4.15. The van der Waals surface area contributed by atoms with E-state index in [-0.39, 0.29) is 5.91 Å². The minimum atomic E-state index is -1.65. The molecule has 1 aliphatic heterocycles. The molecule has 0 radical (unpaired) electrons. The van der Waals surface area contributed by atoms with Crippen LogP contribution in [0.25, 0.3) is 5.70 Å². The summed E-state index contributed by atoms with van der Waals surface area (Å²) in [6.45, 7) is 0.412. The molecule has 0 saturated carbocycles. The fraction of sp³-hybridized carbons (Fsp3) is 0.0870. The van der Waals surface area contributed by atoms with Crippen LogP contribution in [0.3, 0.4) is 0 Å². The van der Waals surface area contributed by atoms with E-state index in [2.05, 4.69) is 0 Å². The molecule has 0 aliphatic carbocycles. The molecule has 0 fully saturated rings. The normalized spacial score (nSPS) is 19.5. The predicted molar refractivity (Wildman–Crippen MR) is 102 cm³/mol. The van der Waals surface area contributed by atoms with Crippen molar-refractivity contribution < 1.29 is 9.90 Å². The second-order valence-corrected chi connectivity index (χ2v) is 6.40. The Morgan fingerprint density at radius 1 is 0.769 bits per heavy atom. The number of amides is 1. The first kappa shape index (κ1) is 16.3. The van der Waals surface area contributed by atoms with E-state index in [1.165, 1.54) is 0 Å². The molecule has 3 aromatic carbocycles.